The Bertz CT molecular complexity index is 616. The van der Waals surface area contributed by atoms with Crippen molar-refractivity contribution >= 4 is 29.4 Å². The molecule has 0 saturated carbocycles. The predicted molar refractivity (Wildman–Crippen MR) is 76.0 cm³/mol. The van der Waals surface area contributed by atoms with Gasteiger partial charge in [0.15, 0.2) is 0 Å². The zero-order valence-corrected chi connectivity index (χ0v) is 11.9. The first-order valence-corrected chi connectivity index (χ1v) is 7.06. The molecule has 1 aromatic rings. The Morgan fingerprint density at radius 1 is 1.24 bits per heavy atom. The molecule has 2 aliphatic heterocycles. The maximum atomic E-state index is 12.5. The SMILES string of the molecule is O=C1NC(=O)C2(CCCN(C(=O)c3ccc(Cl)cc3)C2)N1. The van der Waals surface area contributed by atoms with Gasteiger partial charge >= 0.3 is 6.03 Å². The molecule has 2 aliphatic rings. The molecule has 6 nitrogen and oxygen atoms in total. The lowest BCUT2D eigenvalue weighted by Gasteiger charge is -2.38. The number of likely N-dealkylation sites (tertiary alicyclic amines) is 1. The summed E-state index contributed by atoms with van der Waals surface area (Å²) in [5.74, 6) is -0.527. The number of carbonyl (C=O) groups is 3. The zero-order chi connectivity index (χ0) is 15.0. The van der Waals surface area contributed by atoms with Crippen molar-refractivity contribution in [1.29, 1.82) is 0 Å². The van der Waals surface area contributed by atoms with Gasteiger partial charge in [-0.1, -0.05) is 11.6 Å². The van der Waals surface area contributed by atoms with Crippen molar-refractivity contribution in [2.45, 2.75) is 18.4 Å². The largest absolute Gasteiger partial charge is 0.336 e. The summed E-state index contributed by atoms with van der Waals surface area (Å²) in [6.45, 7) is 0.748. The van der Waals surface area contributed by atoms with E-state index in [2.05, 4.69) is 10.6 Å². The van der Waals surface area contributed by atoms with Gasteiger partial charge in [-0.05, 0) is 37.1 Å². The summed E-state index contributed by atoms with van der Waals surface area (Å²) in [5, 5.41) is 5.45. The monoisotopic (exact) mass is 307 g/mol. The lowest BCUT2D eigenvalue weighted by Crippen LogP contribution is -2.59. The highest BCUT2D eigenvalue weighted by molar-refractivity contribution is 6.30. The number of nitrogens with zero attached hydrogens (tertiary/aromatic N) is 1. The second kappa shape index (κ2) is 5.04. The van der Waals surface area contributed by atoms with Crippen molar-refractivity contribution < 1.29 is 14.4 Å². The molecule has 1 atom stereocenters. The molecule has 2 fully saturated rings. The molecule has 0 aromatic heterocycles. The van der Waals surface area contributed by atoms with Crippen molar-refractivity contribution in [2.24, 2.45) is 0 Å². The first kappa shape index (κ1) is 13.9. The van der Waals surface area contributed by atoms with Crippen LogP contribution in [-0.4, -0.2) is 41.4 Å². The van der Waals surface area contributed by atoms with Gasteiger partial charge in [-0.3, -0.25) is 14.9 Å². The number of carbonyl (C=O) groups excluding carboxylic acids is 3. The summed E-state index contributed by atoms with van der Waals surface area (Å²) in [6, 6.07) is 6.11. The third kappa shape index (κ3) is 2.47. The number of amides is 4. The molecule has 110 valence electrons. The summed E-state index contributed by atoms with van der Waals surface area (Å²) < 4.78 is 0. The average molecular weight is 308 g/mol. The van der Waals surface area contributed by atoms with Crippen molar-refractivity contribution in [3.05, 3.63) is 34.9 Å². The molecule has 2 saturated heterocycles. The highest BCUT2D eigenvalue weighted by Gasteiger charge is 2.49. The molecule has 21 heavy (non-hydrogen) atoms. The van der Waals surface area contributed by atoms with Gasteiger partial charge in [-0.25, -0.2) is 4.79 Å². The van der Waals surface area contributed by atoms with E-state index in [-0.39, 0.29) is 18.4 Å². The summed E-state index contributed by atoms with van der Waals surface area (Å²) in [4.78, 5) is 37.4. The Labute approximate surface area is 126 Å². The van der Waals surface area contributed by atoms with E-state index in [1.54, 1.807) is 29.2 Å². The van der Waals surface area contributed by atoms with Crippen LogP contribution in [0.25, 0.3) is 0 Å². The minimum atomic E-state index is -0.989. The molecule has 0 radical (unpaired) electrons. The quantitative estimate of drug-likeness (QED) is 0.764. The van der Waals surface area contributed by atoms with Crippen LogP contribution in [0.2, 0.25) is 5.02 Å². The number of imide groups is 1. The fourth-order valence-corrected chi connectivity index (χ4v) is 2.95. The summed E-state index contributed by atoms with van der Waals surface area (Å²) in [5.41, 5.74) is -0.474. The van der Waals surface area contributed by atoms with Crippen LogP contribution in [0.4, 0.5) is 4.79 Å². The van der Waals surface area contributed by atoms with E-state index in [4.69, 9.17) is 11.6 Å². The smallest absolute Gasteiger partial charge is 0.322 e. The number of hydrogen-bond donors (Lipinski definition) is 2. The Kier molecular flexibility index (Phi) is 3.33. The highest BCUT2D eigenvalue weighted by atomic mass is 35.5. The topological polar surface area (TPSA) is 78.5 Å². The van der Waals surface area contributed by atoms with Gasteiger partial charge < -0.3 is 10.2 Å². The van der Waals surface area contributed by atoms with Crippen LogP contribution in [0, 0.1) is 0 Å². The second-order valence-corrected chi connectivity index (χ2v) is 5.76. The maximum Gasteiger partial charge on any atom is 0.322 e. The molecule has 3 rings (SSSR count). The van der Waals surface area contributed by atoms with Crippen molar-refractivity contribution in [2.75, 3.05) is 13.1 Å². The van der Waals surface area contributed by atoms with Gasteiger partial charge in [-0.15, -0.1) is 0 Å². The van der Waals surface area contributed by atoms with Gasteiger partial charge in [0.1, 0.15) is 5.54 Å². The van der Waals surface area contributed by atoms with E-state index in [1.807, 2.05) is 0 Å². The van der Waals surface area contributed by atoms with E-state index >= 15 is 0 Å². The second-order valence-electron chi connectivity index (χ2n) is 5.33. The molecule has 0 bridgehead atoms. The van der Waals surface area contributed by atoms with Crippen molar-refractivity contribution in [1.82, 2.24) is 15.5 Å². The number of benzene rings is 1. The minimum Gasteiger partial charge on any atom is -0.336 e. The van der Waals surface area contributed by atoms with Crippen LogP contribution in [-0.2, 0) is 4.79 Å². The third-order valence-electron chi connectivity index (χ3n) is 3.89. The van der Waals surface area contributed by atoms with E-state index in [1.165, 1.54) is 0 Å². The molecule has 2 N–H and O–H groups in total. The first-order valence-electron chi connectivity index (χ1n) is 6.69. The minimum absolute atomic E-state index is 0.167. The first-order chi connectivity index (χ1) is 10.00. The van der Waals surface area contributed by atoms with Crippen LogP contribution in [0.3, 0.4) is 0 Å². The van der Waals surface area contributed by atoms with Gasteiger partial charge in [-0.2, -0.15) is 0 Å². The Balaban J connectivity index is 1.80. The molecule has 1 aromatic carbocycles. The molecular formula is C14H14ClN3O3. The van der Waals surface area contributed by atoms with E-state index in [0.717, 1.165) is 0 Å². The molecule has 2 heterocycles. The Morgan fingerprint density at radius 2 is 1.95 bits per heavy atom. The number of nitrogens with one attached hydrogen (secondary N) is 2. The highest BCUT2D eigenvalue weighted by Crippen LogP contribution is 2.25. The van der Waals surface area contributed by atoms with Crippen LogP contribution in [0.15, 0.2) is 24.3 Å². The van der Waals surface area contributed by atoms with Crippen LogP contribution in [0.1, 0.15) is 23.2 Å². The predicted octanol–water partition coefficient (Wildman–Crippen LogP) is 1.15. The average Bonchev–Trinajstić information content (AvgIpc) is 2.73. The van der Waals surface area contributed by atoms with Crippen molar-refractivity contribution in [3.8, 4) is 0 Å². The molecule has 1 spiro atoms. The van der Waals surface area contributed by atoms with Gasteiger partial charge in [0.25, 0.3) is 11.8 Å². The zero-order valence-electron chi connectivity index (χ0n) is 11.2. The van der Waals surface area contributed by atoms with E-state index < -0.39 is 11.6 Å². The number of hydrogen-bond acceptors (Lipinski definition) is 3. The number of halogens is 1. The van der Waals surface area contributed by atoms with E-state index in [0.29, 0.717) is 30.0 Å². The molecule has 0 aliphatic carbocycles. The fraction of sp³-hybridized carbons (Fsp3) is 0.357. The van der Waals surface area contributed by atoms with Gasteiger partial charge in [0.05, 0.1) is 6.54 Å². The lowest BCUT2D eigenvalue weighted by molar-refractivity contribution is -0.125. The maximum absolute atomic E-state index is 12.5. The van der Waals surface area contributed by atoms with Crippen molar-refractivity contribution in [3.63, 3.8) is 0 Å². The molecule has 4 amide bonds. The van der Waals surface area contributed by atoms with Crippen LogP contribution < -0.4 is 10.6 Å². The normalized spacial score (nSPS) is 24.9. The molecular weight excluding hydrogens is 294 g/mol. The molecule has 7 heteroatoms. The Hall–Kier alpha value is -2.08. The lowest BCUT2D eigenvalue weighted by atomic mass is 9.89. The fourth-order valence-electron chi connectivity index (χ4n) is 2.82. The van der Waals surface area contributed by atoms with Crippen LogP contribution >= 0.6 is 11.6 Å². The summed E-state index contributed by atoms with van der Waals surface area (Å²) in [7, 11) is 0. The summed E-state index contributed by atoms with van der Waals surface area (Å²) >= 11 is 5.81. The molecule has 1 unspecified atom stereocenters. The standard InChI is InChI=1S/C14H14ClN3O3/c15-10-4-2-9(3-5-10)11(19)18-7-1-6-14(8-18)12(20)16-13(21)17-14/h2-5H,1,6-8H2,(H2,16,17,20,21). The number of rotatable bonds is 1. The number of piperidine rings is 1. The van der Waals surface area contributed by atoms with Gasteiger partial charge in [0.2, 0.25) is 0 Å². The number of urea groups is 1. The summed E-state index contributed by atoms with van der Waals surface area (Å²) in [6.07, 6.45) is 1.20. The Morgan fingerprint density at radius 3 is 2.57 bits per heavy atom. The van der Waals surface area contributed by atoms with E-state index in [9.17, 15) is 14.4 Å². The third-order valence-corrected chi connectivity index (χ3v) is 4.14. The van der Waals surface area contributed by atoms with Crippen LogP contribution in [0.5, 0.6) is 0 Å². The van der Waals surface area contributed by atoms with Gasteiger partial charge in [0, 0.05) is 17.1 Å².